The Morgan fingerprint density at radius 2 is 1.47 bits per heavy atom. The highest BCUT2D eigenvalue weighted by Gasteiger charge is 2.48. The molecule has 1 spiro atoms. The molecule has 0 bridgehead atoms. The molecule has 0 aromatic heterocycles. The minimum Gasteiger partial charge on any atom is -0.493 e. The highest BCUT2D eigenvalue weighted by atomic mass is 16.7. The summed E-state index contributed by atoms with van der Waals surface area (Å²) in [6.07, 6.45) is 4.94. The van der Waals surface area contributed by atoms with Crippen molar-refractivity contribution < 1.29 is 14.2 Å². The van der Waals surface area contributed by atoms with E-state index in [-0.39, 0.29) is 12.2 Å². The Labute approximate surface area is 215 Å². The zero-order valence-electron chi connectivity index (χ0n) is 21.4. The topological polar surface area (TPSA) is 30.9 Å². The molecule has 3 aromatic carbocycles. The van der Waals surface area contributed by atoms with Gasteiger partial charge in [0.1, 0.15) is 5.75 Å². The second kappa shape index (κ2) is 9.91. The number of para-hydroxylation sites is 1. The van der Waals surface area contributed by atoms with E-state index in [2.05, 4.69) is 83.8 Å². The molecule has 6 rings (SSSR count). The van der Waals surface area contributed by atoms with Crippen LogP contribution < -0.4 is 9.64 Å². The third-order valence-corrected chi connectivity index (χ3v) is 8.98. The molecule has 2 heterocycles. The van der Waals surface area contributed by atoms with Gasteiger partial charge in [-0.2, -0.15) is 0 Å². The van der Waals surface area contributed by atoms with Crippen molar-refractivity contribution in [2.24, 2.45) is 11.3 Å². The molecule has 2 aliphatic heterocycles. The molecule has 0 amide bonds. The van der Waals surface area contributed by atoms with Crippen LogP contribution in [0.15, 0.2) is 78.9 Å². The minimum atomic E-state index is -0.0452. The monoisotopic (exact) mass is 483 g/mol. The first-order valence-corrected chi connectivity index (χ1v) is 13.4. The second-order valence-corrected chi connectivity index (χ2v) is 10.9. The maximum Gasteiger partial charge on any atom is 0.159 e. The molecule has 3 aliphatic rings. The molecule has 1 aliphatic carbocycles. The quantitative estimate of drug-likeness (QED) is 0.369. The zero-order valence-corrected chi connectivity index (χ0v) is 21.4. The van der Waals surface area contributed by atoms with Gasteiger partial charge in [0.05, 0.1) is 6.61 Å². The van der Waals surface area contributed by atoms with Crippen molar-refractivity contribution in [1.29, 1.82) is 0 Å². The van der Waals surface area contributed by atoms with Gasteiger partial charge in [0.25, 0.3) is 0 Å². The summed E-state index contributed by atoms with van der Waals surface area (Å²) in [5.74, 6) is 2.16. The van der Waals surface area contributed by atoms with Crippen LogP contribution in [0.4, 0.5) is 5.69 Å². The fourth-order valence-electron chi connectivity index (χ4n) is 7.03. The lowest BCUT2D eigenvalue weighted by Crippen LogP contribution is -2.50. The van der Waals surface area contributed by atoms with Gasteiger partial charge in [-0.3, -0.25) is 0 Å². The van der Waals surface area contributed by atoms with E-state index in [9.17, 15) is 0 Å². The normalized spacial score (nSPS) is 23.2. The van der Waals surface area contributed by atoms with E-state index in [1.807, 2.05) is 0 Å². The van der Waals surface area contributed by atoms with Crippen LogP contribution in [0, 0.1) is 11.3 Å². The van der Waals surface area contributed by atoms with Gasteiger partial charge in [0, 0.05) is 56.3 Å². The lowest BCUT2D eigenvalue weighted by atomic mass is 9.57. The van der Waals surface area contributed by atoms with E-state index in [4.69, 9.17) is 14.2 Å². The Morgan fingerprint density at radius 3 is 2.17 bits per heavy atom. The lowest BCUT2D eigenvalue weighted by molar-refractivity contribution is -0.184. The Bertz CT molecular complexity index is 1140. The van der Waals surface area contributed by atoms with Gasteiger partial charge < -0.3 is 19.1 Å². The van der Waals surface area contributed by atoms with Gasteiger partial charge in [0.2, 0.25) is 0 Å². The number of fused-ring (bicyclic) bond motifs is 1. The summed E-state index contributed by atoms with van der Waals surface area (Å²) < 4.78 is 17.2. The maximum atomic E-state index is 6.21. The molecule has 1 saturated carbocycles. The summed E-state index contributed by atoms with van der Waals surface area (Å²) in [6.45, 7) is 2.96. The van der Waals surface area contributed by atoms with Crippen molar-refractivity contribution >= 4 is 5.69 Å². The van der Waals surface area contributed by atoms with E-state index in [0.717, 1.165) is 18.8 Å². The molecule has 3 aromatic rings. The summed E-state index contributed by atoms with van der Waals surface area (Å²) >= 11 is 0. The molecular weight excluding hydrogens is 446 g/mol. The summed E-state index contributed by atoms with van der Waals surface area (Å²) in [6, 6.07) is 28.7. The predicted octanol–water partition coefficient (Wildman–Crippen LogP) is 6.61. The number of benzene rings is 3. The Kier molecular flexibility index (Phi) is 6.49. The second-order valence-electron chi connectivity index (χ2n) is 10.9. The van der Waals surface area contributed by atoms with Gasteiger partial charge in [-0.05, 0) is 60.4 Å². The summed E-state index contributed by atoms with van der Waals surface area (Å²) in [5.41, 5.74) is 5.82. The molecular formula is C32H37NO3. The fraction of sp³-hybridized carbons (Fsp3) is 0.438. The van der Waals surface area contributed by atoms with Crippen molar-refractivity contribution in [3.63, 3.8) is 0 Å². The number of nitrogens with zero attached hydrogens (tertiary/aromatic N) is 1. The molecule has 2 fully saturated rings. The number of hydrogen-bond donors (Lipinski definition) is 0. The average Bonchev–Trinajstić information content (AvgIpc) is 2.93. The van der Waals surface area contributed by atoms with Crippen molar-refractivity contribution in [2.75, 3.05) is 38.8 Å². The van der Waals surface area contributed by atoms with Gasteiger partial charge in [-0.25, -0.2) is 0 Å². The van der Waals surface area contributed by atoms with Gasteiger partial charge in [-0.1, -0.05) is 60.7 Å². The van der Waals surface area contributed by atoms with Crippen LogP contribution in [0.3, 0.4) is 0 Å². The van der Waals surface area contributed by atoms with Crippen LogP contribution in [0.25, 0.3) is 0 Å². The van der Waals surface area contributed by atoms with Crippen LogP contribution in [-0.4, -0.2) is 40.2 Å². The van der Waals surface area contributed by atoms with Crippen molar-refractivity contribution in [3.05, 3.63) is 95.6 Å². The Hall–Kier alpha value is -2.82. The third kappa shape index (κ3) is 4.31. The van der Waals surface area contributed by atoms with Crippen molar-refractivity contribution in [3.8, 4) is 5.75 Å². The largest absolute Gasteiger partial charge is 0.493 e. The molecule has 4 nitrogen and oxygen atoms in total. The van der Waals surface area contributed by atoms with Crippen molar-refractivity contribution in [2.45, 2.75) is 43.8 Å². The third-order valence-electron chi connectivity index (χ3n) is 8.98. The first-order valence-electron chi connectivity index (χ1n) is 13.4. The standard InChI is InChI=1S/C32H37NO3/c1-34-31(35-2)25-20-32(21-25)16-18-33(19-17-32)26-14-12-24(13-15-26)30-27-10-6-7-11-29(27)36-22-28(30)23-8-4-3-5-9-23/h3-15,25,28,30-31H,16-22H2,1-2H3. The first-order chi connectivity index (χ1) is 17.7. The molecule has 2 atom stereocenters. The summed E-state index contributed by atoms with van der Waals surface area (Å²) in [5, 5.41) is 0. The van der Waals surface area contributed by atoms with E-state index in [1.54, 1.807) is 14.2 Å². The lowest BCUT2D eigenvalue weighted by Gasteiger charge is -2.54. The number of ether oxygens (including phenoxy) is 3. The van der Waals surface area contributed by atoms with E-state index in [1.165, 1.54) is 48.1 Å². The van der Waals surface area contributed by atoms with Crippen LogP contribution in [0.2, 0.25) is 0 Å². The van der Waals surface area contributed by atoms with Crippen LogP contribution in [0.1, 0.15) is 54.2 Å². The zero-order chi connectivity index (χ0) is 24.5. The minimum absolute atomic E-state index is 0.0452. The number of rotatable bonds is 6. The summed E-state index contributed by atoms with van der Waals surface area (Å²) in [4.78, 5) is 2.57. The number of anilines is 1. The molecule has 188 valence electrons. The number of hydrogen-bond acceptors (Lipinski definition) is 4. The first kappa shape index (κ1) is 23.6. The smallest absolute Gasteiger partial charge is 0.159 e. The SMILES string of the molecule is COC(OC)C1CC2(CCN(c3ccc(C4c5ccccc5OCC4c4ccccc4)cc3)CC2)C1. The van der Waals surface area contributed by atoms with Crippen LogP contribution in [-0.2, 0) is 9.47 Å². The summed E-state index contributed by atoms with van der Waals surface area (Å²) in [7, 11) is 3.51. The van der Waals surface area contributed by atoms with Gasteiger partial charge in [0.15, 0.2) is 6.29 Å². The highest BCUT2D eigenvalue weighted by molar-refractivity contribution is 5.53. The molecule has 0 N–H and O–H groups in total. The molecule has 2 unspecified atom stereocenters. The number of methoxy groups -OCH3 is 2. The Morgan fingerprint density at radius 1 is 0.806 bits per heavy atom. The molecule has 0 radical (unpaired) electrons. The maximum absolute atomic E-state index is 6.21. The van der Waals surface area contributed by atoms with E-state index >= 15 is 0 Å². The number of piperidine rings is 1. The fourth-order valence-corrected chi connectivity index (χ4v) is 7.03. The Balaban J connectivity index is 1.18. The van der Waals surface area contributed by atoms with E-state index < -0.39 is 0 Å². The average molecular weight is 484 g/mol. The van der Waals surface area contributed by atoms with E-state index in [0.29, 0.717) is 23.9 Å². The highest BCUT2D eigenvalue weighted by Crippen LogP contribution is 2.54. The van der Waals surface area contributed by atoms with Crippen LogP contribution in [0.5, 0.6) is 5.75 Å². The molecule has 4 heteroatoms. The van der Waals surface area contributed by atoms with Crippen LogP contribution >= 0.6 is 0 Å². The van der Waals surface area contributed by atoms with Crippen molar-refractivity contribution in [1.82, 2.24) is 0 Å². The molecule has 36 heavy (non-hydrogen) atoms. The van der Waals surface area contributed by atoms with Gasteiger partial charge >= 0.3 is 0 Å². The van der Waals surface area contributed by atoms with Gasteiger partial charge in [-0.15, -0.1) is 0 Å². The predicted molar refractivity (Wildman–Crippen MR) is 144 cm³/mol. The molecule has 1 saturated heterocycles.